The summed E-state index contributed by atoms with van der Waals surface area (Å²) in [5.41, 5.74) is 12.7. The third-order valence-corrected chi connectivity index (χ3v) is 6.63. The summed E-state index contributed by atoms with van der Waals surface area (Å²) in [6.45, 7) is 10.7. The number of nitrogens with one attached hydrogen (secondary N) is 1. The Morgan fingerprint density at radius 2 is 1.82 bits per heavy atom. The number of benzene rings is 2. The molecule has 2 heterocycles. The van der Waals surface area contributed by atoms with Crippen LogP contribution in [0.4, 0.5) is 5.95 Å². The highest BCUT2D eigenvalue weighted by atomic mass is 32.2. The Balaban J connectivity index is 1.61. The largest absolute Gasteiger partial charge is 0.489 e. The molecule has 0 fully saturated rings. The van der Waals surface area contributed by atoms with Gasteiger partial charge >= 0.3 is 0 Å². The number of nitrogens with two attached hydrogens (primary N) is 1. The Morgan fingerprint density at radius 3 is 2.48 bits per heavy atom. The van der Waals surface area contributed by atoms with Crippen molar-refractivity contribution in [3.8, 4) is 5.75 Å². The van der Waals surface area contributed by atoms with Gasteiger partial charge in [-0.2, -0.15) is 4.98 Å². The average molecular weight is 464 g/mol. The number of amides is 1. The maximum atomic E-state index is 12.3. The quantitative estimate of drug-likeness (QED) is 0.495. The zero-order valence-electron chi connectivity index (χ0n) is 19.6. The Morgan fingerprint density at radius 1 is 1.12 bits per heavy atom. The van der Waals surface area contributed by atoms with Gasteiger partial charge in [0.1, 0.15) is 18.4 Å². The SMILES string of the molecule is CCSc1nc2n(n1)C(c1ccc(OCc3cc(C)c(C)cc3C)cc1)C(C(N)=O)=C(C)N2. The lowest BCUT2D eigenvalue weighted by molar-refractivity contribution is -0.115. The zero-order valence-corrected chi connectivity index (χ0v) is 20.4. The molecule has 1 aliphatic heterocycles. The Labute approximate surface area is 198 Å². The van der Waals surface area contributed by atoms with Gasteiger partial charge in [0, 0.05) is 5.70 Å². The number of hydrogen-bond donors (Lipinski definition) is 2. The van der Waals surface area contributed by atoms with E-state index in [1.54, 1.807) is 16.4 Å². The van der Waals surface area contributed by atoms with Crippen LogP contribution in [-0.2, 0) is 11.4 Å². The second-order valence-electron chi connectivity index (χ2n) is 8.25. The summed E-state index contributed by atoms with van der Waals surface area (Å²) in [6, 6.07) is 11.7. The van der Waals surface area contributed by atoms with Crippen LogP contribution in [0.3, 0.4) is 0 Å². The van der Waals surface area contributed by atoms with E-state index in [0.717, 1.165) is 17.1 Å². The summed E-state index contributed by atoms with van der Waals surface area (Å²) in [5, 5.41) is 8.44. The third kappa shape index (κ3) is 4.61. The first-order valence-electron chi connectivity index (χ1n) is 10.9. The van der Waals surface area contributed by atoms with Crippen LogP contribution < -0.4 is 15.8 Å². The molecule has 33 heavy (non-hydrogen) atoms. The molecular formula is C25H29N5O2S. The summed E-state index contributed by atoms with van der Waals surface area (Å²) in [7, 11) is 0. The number of primary amides is 1. The first kappa shape index (κ1) is 22.9. The predicted octanol–water partition coefficient (Wildman–Crippen LogP) is 4.67. The number of carbonyl (C=O) groups is 1. The first-order chi connectivity index (χ1) is 15.8. The maximum absolute atomic E-state index is 12.3. The van der Waals surface area contributed by atoms with Crippen molar-refractivity contribution in [2.45, 2.75) is 52.4 Å². The van der Waals surface area contributed by atoms with Crippen LogP contribution in [0.5, 0.6) is 5.75 Å². The number of ether oxygens (including phenoxy) is 1. The molecule has 0 spiro atoms. The van der Waals surface area contributed by atoms with Gasteiger partial charge in [0.05, 0.1) is 5.57 Å². The highest BCUT2D eigenvalue weighted by Crippen LogP contribution is 2.36. The Hall–Kier alpha value is -3.26. The molecule has 1 unspecified atom stereocenters. The monoisotopic (exact) mass is 463 g/mol. The molecular weight excluding hydrogens is 434 g/mol. The molecule has 0 radical (unpaired) electrons. The van der Waals surface area contributed by atoms with E-state index in [4.69, 9.17) is 10.5 Å². The van der Waals surface area contributed by atoms with Crippen LogP contribution in [0.1, 0.15) is 47.7 Å². The lowest BCUT2D eigenvalue weighted by Crippen LogP contribution is -2.31. The topological polar surface area (TPSA) is 95.1 Å². The fourth-order valence-electron chi connectivity index (χ4n) is 4.03. The van der Waals surface area contributed by atoms with Crippen LogP contribution in [0, 0.1) is 20.8 Å². The highest BCUT2D eigenvalue weighted by Gasteiger charge is 2.33. The van der Waals surface area contributed by atoms with Crippen molar-refractivity contribution in [2.24, 2.45) is 5.73 Å². The second-order valence-corrected chi connectivity index (χ2v) is 9.48. The lowest BCUT2D eigenvalue weighted by atomic mass is 9.95. The van der Waals surface area contributed by atoms with Gasteiger partial charge in [-0.15, -0.1) is 5.10 Å². The van der Waals surface area contributed by atoms with E-state index in [1.807, 2.05) is 38.1 Å². The number of hydrogen-bond acceptors (Lipinski definition) is 6. The van der Waals surface area contributed by atoms with Crippen molar-refractivity contribution in [1.29, 1.82) is 0 Å². The molecule has 172 valence electrons. The number of nitrogens with zero attached hydrogens (tertiary/aromatic N) is 3. The second kappa shape index (κ2) is 9.31. The number of anilines is 1. The smallest absolute Gasteiger partial charge is 0.248 e. The number of fused-ring (bicyclic) bond motifs is 1. The minimum Gasteiger partial charge on any atom is -0.489 e. The number of rotatable bonds is 7. The molecule has 2 aromatic carbocycles. The molecule has 3 aromatic rings. The van der Waals surface area contributed by atoms with E-state index < -0.39 is 11.9 Å². The van der Waals surface area contributed by atoms with Gasteiger partial charge in [-0.3, -0.25) is 4.79 Å². The maximum Gasteiger partial charge on any atom is 0.248 e. The van der Waals surface area contributed by atoms with Gasteiger partial charge < -0.3 is 15.8 Å². The van der Waals surface area contributed by atoms with Crippen molar-refractivity contribution >= 4 is 23.6 Å². The molecule has 0 saturated carbocycles. The van der Waals surface area contributed by atoms with Gasteiger partial charge in [0.2, 0.25) is 17.0 Å². The zero-order chi connectivity index (χ0) is 23.7. The number of aryl methyl sites for hydroxylation is 3. The summed E-state index contributed by atoms with van der Waals surface area (Å²) in [5.74, 6) is 1.73. The standard InChI is InChI=1S/C25H29N5O2S/c1-6-33-25-28-24-27-17(5)21(23(26)31)22(30(24)29-25)18-7-9-20(10-8-18)32-13-19-12-15(3)14(2)11-16(19)4/h7-12,22H,6,13H2,1-5H3,(H2,26,31)(H,27,28,29). The number of thioether (sulfide) groups is 1. The summed E-state index contributed by atoms with van der Waals surface area (Å²) < 4.78 is 7.79. The Kier molecular flexibility index (Phi) is 6.47. The minimum absolute atomic E-state index is 0.450. The molecule has 0 aliphatic carbocycles. The molecule has 7 nitrogen and oxygen atoms in total. The highest BCUT2D eigenvalue weighted by molar-refractivity contribution is 7.99. The number of aromatic nitrogens is 3. The number of allylic oxidation sites excluding steroid dienone is 1. The van der Waals surface area contributed by atoms with E-state index in [9.17, 15) is 4.79 Å². The average Bonchev–Trinajstić information content (AvgIpc) is 3.16. The molecule has 1 atom stereocenters. The van der Waals surface area contributed by atoms with Crippen molar-refractivity contribution in [1.82, 2.24) is 14.8 Å². The van der Waals surface area contributed by atoms with Crippen LogP contribution in [0.2, 0.25) is 0 Å². The fraction of sp³-hybridized carbons (Fsp3) is 0.320. The molecule has 0 saturated heterocycles. The third-order valence-electron chi connectivity index (χ3n) is 5.91. The van der Waals surface area contributed by atoms with E-state index in [2.05, 4.69) is 48.3 Å². The number of carbonyl (C=O) groups excluding carboxylic acids is 1. The van der Waals surface area contributed by atoms with Gasteiger partial charge in [0.25, 0.3) is 0 Å². The summed E-state index contributed by atoms with van der Waals surface area (Å²) in [4.78, 5) is 16.9. The van der Waals surface area contributed by atoms with Gasteiger partial charge in [-0.05, 0) is 73.4 Å². The molecule has 8 heteroatoms. The van der Waals surface area contributed by atoms with Crippen molar-refractivity contribution < 1.29 is 9.53 Å². The molecule has 1 aromatic heterocycles. The van der Waals surface area contributed by atoms with E-state index in [0.29, 0.717) is 29.0 Å². The van der Waals surface area contributed by atoms with Crippen LogP contribution in [0.25, 0.3) is 0 Å². The molecule has 0 bridgehead atoms. The first-order valence-corrected chi connectivity index (χ1v) is 11.9. The minimum atomic E-state index is -0.485. The van der Waals surface area contributed by atoms with Crippen molar-refractivity contribution in [3.05, 3.63) is 75.5 Å². The van der Waals surface area contributed by atoms with Crippen molar-refractivity contribution in [2.75, 3.05) is 11.1 Å². The van der Waals surface area contributed by atoms with E-state index in [-0.39, 0.29) is 0 Å². The van der Waals surface area contributed by atoms with Crippen molar-refractivity contribution in [3.63, 3.8) is 0 Å². The summed E-state index contributed by atoms with van der Waals surface area (Å²) in [6.07, 6.45) is 0. The molecule has 4 rings (SSSR count). The van der Waals surface area contributed by atoms with Crippen LogP contribution >= 0.6 is 11.8 Å². The van der Waals surface area contributed by atoms with Gasteiger partial charge in [-0.25, -0.2) is 4.68 Å². The van der Waals surface area contributed by atoms with E-state index in [1.165, 1.54) is 22.3 Å². The van der Waals surface area contributed by atoms with Crippen LogP contribution in [-0.4, -0.2) is 26.4 Å². The predicted molar refractivity (Wildman–Crippen MR) is 132 cm³/mol. The summed E-state index contributed by atoms with van der Waals surface area (Å²) >= 11 is 1.55. The van der Waals surface area contributed by atoms with Gasteiger partial charge in [-0.1, -0.05) is 43.0 Å². The molecule has 1 aliphatic rings. The normalized spacial score (nSPS) is 15.2. The van der Waals surface area contributed by atoms with Crippen LogP contribution in [0.15, 0.2) is 52.8 Å². The lowest BCUT2D eigenvalue weighted by Gasteiger charge is -2.27. The Bertz CT molecular complexity index is 1230. The fourth-order valence-corrected chi connectivity index (χ4v) is 4.59. The molecule has 1 amide bonds. The molecule has 3 N–H and O–H groups in total. The van der Waals surface area contributed by atoms with E-state index >= 15 is 0 Å². The van der Waals surface area contributed by atoms with Gasteiger partial charge in [0.15, 0.2) is 0 Å².